The van der Waals surface area contributed by atoms with E-state index in [4.69, 9.17) is 4.74 Å². The van der Waals surface area contributed by atoms with Gasteiger partial charge in [0.1, 0.15) is 6.04 Å². The lowest BCUT2D eigenvalue weighted by atomic mass is 9.82. The molecule has 146 valence electrons. The van der Waals surface area contributed by atoms with Crippen LogP contribution in [0.4, 0.5) is 0 Å². The number of aryl methyl sites for hydroxylation is 1. The van der Waals surface area contributed by atoms with Gasteiger partial charge in [-0.25, -0.2) is 0 Å². The van der Waals surface area contributed by atoms with Crippen LogP contribution in [0.2, 0.25) is 0 Å². The second-order valence-electron chi connectivity index (χ2n) is 7.74. The van der Waals surface area contributed by atoms with E-state index in [1.165, 1.54) is 5.56 Å². The summed E-state index contributed by atoms with van der Waals surface area (Å²) in [5.41, 5.74) is 1.25. The van der Waals surface area contributed by atoms with Crippen molar-refractivity contribution in [1.82, 2.24) is 4.90 Å². The minimum absolute atomic E-state index is 0.117. The van der Waals surface area contributed by atoms with E-state index in [-0.39, 0.29) is 35.5 Å². The van der Waals surface area contributed by atoms with Crippen LogP contribution in [0.25, 0.3) is 0 Å². The molecule has 3 rings (SSSR count). The molecule has 0 bridgehead atoms. The molecule has 1 heterocycles. The van der Waals surface area contributed by atoms with Crippen molar-refractivity contribution < 1.29 is 19.1 Å². The first-order chi connectivity index (χ1) is 13.1. The SMILES string of the molecule is CC(C1CCC(=O)C(=O)C1)N1CCC[C@H]1C(=O)OCCCc1ccccc1. The Hall–Kier alpha value is -2.01. The molecule has 0 N–H and O–H groups in total. The smallest absolute Gasteiger partial charge is 0.323 e. The van der Waals surface area contributed by atoms with Crippen LogP contribution in [0.3, 0.4) is 0 Å². The molecule has 0 radical (unpaired) electrons. The number of ketones is 2. The van der Waals surface area contributed by atoms with Gasteiger partial charge in [0.15, 0.2) is 11.6 Å². The first-order valence-electron chi connectivity index (χ1n) is 10.1. The lowest BCUT2D eigenvalue weighted by Gasteiger charge is -2.36. The van der Waals surface area contributed by atoms with E-state index in [0.29, 0.717) is 19.4 Å². The van der Waals surface area contributed by atoms with Gasteiger partial charge in [-0.1, -0.05) is 30.3 Å². The Bertz CT molecular complexity index is 672. The van der Waals surface area contributed by atoms with Gasteiger partial charge in [-0.3, -0.25) is 19.3 Å². The lowest BCUT2D eigenvalue weighted by Crippen LogP contribution is -2.47. The van der Waals surface area contributed by atoms with Gasteiger partial charge in [-0.2, -0.15) is 0 Å². The standard InChI is InChI=1S/C22H29NO4/c1-16(18-11-12-20(24)21(25)15-18)23-13-5-10-19(23)22(26)27-14-6-9-17-7-3-2-4-8-17/h2-4,7-8,16,18-19H,5-6,9-15H2,1H3/t16?,18?,19-/m0/s1. The van der Waals surface area contributed by atoms with E-state index in [9.17, 15) is 14.4 Å². The normalized spacial score (nSPS) is 24.8. The summed E-state index contributed by atoms with van der Waals surface area (Å²) in [4.78, 5) is 38.0. The summed E-state index contributed by atoms with van der Waals surface area (Å²) >= 11 is 0. The van der Waals surface area contributed by atoms with Crippen molar-refractivity contribution in [2.45, 2.75) is 64.0 Å². The highest BCUT2D eigenvalue weighted by molar-refractivity contribution is 6.37. The number of hydrogen-bond donors (Lipinski definition) is 0. The maximum atomic E-state index is 12.6. The Morgan fingerprint density at radius 1 is 1.19 bits per heavy atom. The van der Waals surface area contributed by atoms with Crippen molar-refractivity contribution in [2.24, 2.45) is 5.92 Å². The van der Waals surface area contributed by atoms with Gasteiger partial charge in [0.05, 0.1) is 6.61 Å². The maximum absolute atomic E-state index is 12.6. The minimum Gasteiger partial charge on any atom is -0.465 e. The summed E-state index contributed by atoms with van der Waals surface area (Å²) in [6.45, 7) is 3.36. The van der Waals surface area contributed by atoms with Gasteiger partial charge in [0.25, 0.3) is 0 Å². The molecule has 27 heavy (non-hydrogen) atoms. The third-order valence-corrected chi connectivity index (χ3v) is 5.97. The van der Waals surface area contributed by atoms with E-state index < -0.39 is 0 Å². The Morgan fingerprint density at radius 2 is 1.96 bits per heavy atom. The molecular formula is C22H29NO4. The number of likely N-dealkylation sites (tertiary alicyclic amines) is 1. The fourth-order valence-corrected chi connectivity index (χ4v) is 4.31. The highest BCUT2D eigenvalue weighted by Gasteiger charge is 2.39. The molecule has 1 saturated heterocycles. The number of carbonyl (C=O) groups is 3. The van der Waals surface area contributed by atoms with Gasteiger partial charge in [0, 0.05) is 18.9 Å². The van der Waals surface area contributed by atoms with Gasteiger partial charge < -0.3 is 4.74 Å². The number of Topliss-reactive ketones (excluding diaryl/α,β-unsaturated/α-hetero) is 2. The number of esters is 1. The molecule has 0 spiro atoms. The Balaban J connectivity index is 1.47. The molecule has 1 aliphatic carbocycles. The summed E-state index contributed by atoms with van der Waals surface area (Å²) in [6, 6.07) is 10.1. The van der Waals surface area contributed by atoms with Crippen molar-refractivity contribution in [3.05, 3.63) is 35.9 Å². The van der Waals surface area contributed by atoms with Crippen molar-refractivity contribution in [2.75, 3.05) is 13.2 Å². The van der Waals surface area contributed by atoms with E-state index in [0.717, 1.165) is 38.6 Å². The summed E-state index contributed by atoms with van der Waals surface area (Å²) in [7, 11) is 0. The van der Waals surface area contributed by atoms with Gasteiger partial charge in [0.2, 0.25) is 0 Å². The number of hydrogen-bond acceptors (Lipinski definition) is 5. The van der Waals surface area contributed by atoms with Crippen LogP contribution in [-0.2, 0) is 25.5 Å². The monoisotopic (exact) mass is 371 g/mol. The number of benzene rings is 1. The average molecular weight is 371 g/mol. The largest absolute Gasteiger partial charge is 0.465 e. The first-order valence-corrected chi connectivity index (χ1v) is 10.1. The Labute approximate surface area is 161 Å². The number of ether oxygens (including phenoxy) is 1. The number of nitrogens with zero attached hydrogens (tertiary/aromatic N) is 1. The molecular weight excluding hydrogens is 342 g/mol. The molecule has 5 nitrogen and oxygen atoms in total. The molecule has 2 unspecified atom stereocenters. The Kier molecular flexibility index (Phi) is 6.78. The molecule has 1 aromatic carbocycles. The molecule has 0 amide bonds. The summed E-state index contributed by atoms with van der Waals surface area (Å²) in [6.07, 6.45) is 4.89. The zero-order chi connectivity index (χ0) is 19.2. The summed E-state index contributed by atoms with van der Waals surface area (Å²) < 4.78 is 5.55. The van der Waals surface area contributed by atoms with Gasteiger partial charge >= 0.3 is 5.97 Å². The fourth-order valence-electron chi connectivity index (χ4n) is 4.31. The lowest BCUT2D eigenvalue weighted by molar-refractivity contribution is -0.150. The topological polar surface area (TPSA) is 63.7 Å². The number of rotatable bonds is 7. The van der Waals surface area contributed by atoms with Crippen molar-refractivity contribution in [3.8, 4) is 0 Å². The molecule has 3 atom stereocenters. The van der Waals surface area contributed by atoms with E-state index in [1.54, 1.807) is 0 Å². The van der Waals surface area contributed by atoms with Crippen LogP contribution in [0.5, 0.6) is 0 Å². The third-order valence-electron chi connectivity index (χ3n) is 5.97. The molecule has 0 aromatic heterocycles. The summed E-state index contributed by atoms with van der Waals surface area (Å²) in [5.74, 6) is -0.487. The minimum atomic E-state index is -0.252. The Morgan fingerprint density at radius 3 is 2.70 bits per heavy atom. The predicted octanol–water partition coefficient (Wildman–Crippen LogP) is 2.95. The maximum Gasteiger partial charge on any atom is 0.323 e. The van der Waals surface area contributed by atoms with Crippen molar-refractivity contribution in [1.29, 1.82) is 0 Å². The molecule has 1 saturated carbocycles. The van der Waals surface area contributed by atoms with Crippen LogP contribution in [0, 0.1) is 5.92 Å². The van der Waals surface area contributed by atoms with Crippen LogP contribution in [0.15, 0.2) is 30.3 Å². The van der Waals surface area contributed by atoms with E-state index in [1.807, 2.05) is 18.2 Å². The van der Waals surface area contributed by atoms with Gasteiger partial charge in [-0.05, 0) is 57.1 Å². The number of carbonyl (C=O) groups excluding carboxylic acids is 3. The molecule has 1 aliphatic heterocycles. The molecule has 1 aromatic rings. The van der Waals surface area contributed by atoms with Crippen molar-refractivity contribution in [3.63, 3.8) is 0 Å². The molecule has 2 fully saturated rings. The summed E-state index contributed by atoms with van der Waals surface area (Å²) in [5, 5.41) is 0. The quantitative estimate of drug-likeness (QED) is 0.419. The highest BCUT2D eigenvalue weighted by Crippen LogP contribution is 2.30. The zero-order valence-electron chi connectivity index (χ0n) is 16.1. The van der Waals surface area contributed by atoms with Crippen LogP contribution >= 0.6 is 0 Å². The third kappa shape index (κ3) is 5.04. The molecule has 5 heteroatoms. The van der Waals surface area contributed by atoms with E-state index >= 15 is 0 Å². The predicted molar refractivity (Wildman–Crippen MR) is 102 cm³/mol. The second-order valence-corrected chi connectivity index (χ2v) is 7.74. The van der Waals surface area contributed by atoms with Crippen LogP contribution < -0.4 is 0 Å². The first kappa shape index (κ1) is 19.7. The second kappa shape index (κ2) is 9.27. The van der Waals surface area contributed by atoms with E-state index in [2.05, 4.69) is 24.0 Å². The average Bonchev–Trinajstić information content (AvgIpc) is 3.17. The fraction of sp³-hybridized carbons (Fsp3) is 0.591. The van der Waals surface area contributed by atoms with Crippen LogP contribution in [-0.4, -0.2) is 47.7 Å². The van der Waals surface area contributed by atoms with Crippen molar-refractivity contribution >= 4 is 17.5 Å². The highest BCUT2D eigenvalue weighted by atomic mass is 16.5. The van der Waals surface area contributed by atoms with Gasteiger partial charge in [-0.15, -0.1) is 0 Å². The van der Waals surface area contributed by atoms with Crippen LogP contribution in [0.1, 0.15) is 51.0 Å². The zero-order valence-corrected chi connectivity index (χ0v) is 16.1. The molecule has 2 aliphatic rings.